The number of amides is 1. The van der Waals surface area contributed by atoms with Gasteiger partial charge >= 0.3 is 5.97 Å². The van der Waals surface area contributed by atoms with Crippen LogP contribution in [0.1, 0.15) is 17.3 Å². The van der Waals surface area contributed by atoms with Crippen molar-refractivity contribution >= 4 is 11.9 Å². The molecular weight excluding hydrogens is 210 g/mol. The molecule has 1 rings (SSSR count). The molecule has 0 aromatic heterocycles. The highest BCUT2D eigenvalue weighted by Crippen LogP contribution is 2.14. The Morgan fingerprint density at radius 2 is 2.06 bits per heavy atom. The van der Waals surface area contributed by atoms with Crippen molar-refractivity contribution in [3.05, 3.63) is 29.8 Å². The van der Waals surface area contributed by atoms with E-state index in [4.69, 9.17) is 10.5 Å². The van der Waals surface area contributed by atoms with Crippen molar-refractivity contribution in [2.24, 2.45) is 5.73 Å². The Morgan fingerprint density at radius 1 is 1.38 bits per heavy atom. The number of carbonyl (C=O) groups is 2. The maximum Gasteiger partial charge on any atom is 0.346 e. The van der Waals surface area contributed by atoms with Crippen LogP contribution < -0.4 is 10.5 Å². The predicted octanol–water partition coefficient (Wildman–Crippen LogP) is 0.726. The van der Waals surface area contributed by atoms with Crippen LogP contribution in [0.3, 0.4) is 0 Å². The first kappa shape index (κ1) is 12.0. The summed E-state index contributed by atoms with van der Waals surface area (Å²) in [6.07, 6.45) is -0.729. The van der Waals surface area contributed by atoms with E-state index >= 15 is 0 Å². The number of methoxy groups -OCH3 is 1. The second-order valence-corrected chi connectivity index (χ2v) is 3.18. The lowest BCUT2D eigenvalue weighted by Gasteiger charge is -2.12. The van der Waals surface area contributed by atoms with Crippen molar-refractivity contribution in [1.82, 2.24) is 0 Å². The van der Waals surface area contributed by atoms with Crippen LogP contribution in [-0.4, -0.2) is 25.1 Å². The average Bonchev–Trinajstić information content (AvgIpc) is 2.28. The van der Waals surface area contributed by atoms with Crippen LogP contribution >= 0.6 is 0 Å². The summed E-state index contributed by atoms with van der Waals surface area (Å²) in [5.74, 6) is -0.630. The van der Waals surface area contributed by atoms with Crippen LogP contribution in [0.25, 0.3) is 0 Å². The van der Waals surface area contributed by atoms with Crippen molar-refractivity contribution in [3.63, 3.8) is 0 Å². The molecule has 0 radical (unpaired) electrons. The Kier molecular flexibility index (Phi) is 3.88. The van der Waals surface area contributed by atoms with Gasteiger partial charge in [0.25, 0.3) is 0 Å². The van der Waals surface area contributed by atoms with Gasteiger partial charge in [-0.05, 0) is 25.1 Å². The molecule has 2 N–H and O–H groups in total. The number of hydrogen-bond acceptors (Lipinski definition) is 4. The molecule has 0 bridgehead atoms. The molecule has 0 aliphatic heterocycles. The monoisotopic (exact) mass is 223 g/mol. The van der Waals surface area contributed by atoms with Gasteiger partial charge in [0, 0.05) is 5.56 Å². The van der Waals surface area contributed by atoms with E-state index in [2.05, 4.69) is 4.74 Å². The molecule has 86 valence electrons. The lowest BCUT2D eigenvalue weighted by atomic mass is 10.2. The standard InChI is InChI=1S/C11H13NO4/c1-7(11(14)15-2)16-9-5-3-4-8(6-9)10(12)13/h3-7H,1-2H3,(H2,12,13). The summed E-state index contributed by atoms with van der Waals surface area (Å²) >= 11 is 0. The predicted molar refractivity (Wildman–Crippen MR) is 57.1 cm³/mol. The fraction of sp³-hybridized carbons (Fsp3) is 0.273. The summed E-state index contributed by atoms with van der Waals surface area (Å²) in [7, 11) is 1.28. The number of nitrogens with two attached hydrogens (primary N) is 1. The molecule has 1 amide bonds. The summed E-state index contributed by atoms with van der Waals surface area (Å²) in [5, 5.41) is 0. The van der Waals surface area contributed by atoms with E-state index in [0.717, 1.165) is 0 Å². The van der Waals surface area contributed by atoms with Gasteiger partial charge in [-0.1, -0.05) is 6.07 Å². The normalized spacial score (nSPS) is 11.6. The number of ether oxygens (including phenoxy) is 2. The average molecular weight is 223 g/mol. The third-order valence-corrected chi connectivity index (χ3v) is 1.96. The van der Waals surface area contributed by atoms with Gasteiger partial charge in [0.2, 0.25) is 5.91 Å². The molecule has 16 heavy (non-hydrogen) atoms. The van der Waals surface area contributed by atoms with Crippen LogP contribution in [0.15, 0.2) is 24.3 Å². The molecule has 5 nitrogen and oxygen atoms in total. The van der Waals surface area contributed by atoms with E-state index in [0.29, 0.717) is 11.3 Å². The van der Waals surface area contributed by atoms with Gasteiger partial charge in [-0.15, -0.1) is 0 Å². The fourth-order valence-corrected chi connectivity index (χ4v) is 1.14. The van der Waals surface area contributed by atoms with Gasteiger partial charge < -0.3 is 15.2 Å². The van der Waals surface area contributed by atoms with Gasteiger partial charge in [-0.3, -0.25) is 4.79 Å². The lowest BCUT2D eigenvalue weighted by molar-refractivity contribution is -0.147. The minimum atomic E-state index is -0.729. The van der Waals surface area contributed by atoms with E-state index < -0.39 is 18.0 Å². The summed E-state index contributed by atoms with van der Waals surface area (Å²) in [4.78, 5) is 22.0. The molecule has 0 fully saturated rings. The SMILES string of the molecule is COC(=O)C(C)Oc1cccc(C(N)=O)c1. The van der Waals surface area contributed by atoms with Crippen molar-refractivity contribution in [2.45, 2.75) is 13.0 Å². The van der Waals surface area contributed by atoms with E-state index in [1.54, 1.807) is 25.1 Å². The number of primary amides is 1. The molecule has 0 saturated carbocycles. The Hall–Kier alpha value is -2.04. The molecule has 5 heteroatoms. The topological polar surface area (TPSA) is 78.6 Å². The number of rotatable bonds is 4. The summed E-state index contributed by atoms with van der Waals surface area (Å²) in [5.41, 5.74) is 5.44. The molecule has 1 atom stereocenters. The van der Waals surface area contributed by atoms with E-state index in [9.17, 15) is 9.59 Å². The van der Waals surface area contributed by atoms with Crippen LogP contribution in [0.5, 0.6) is 5.75 Å². The van der Waals surface area contributed by atoms with Crippen molar-refractivity contribution in [2.75, 3.05) is 7.11 Å². The number of esters is 1. The number of hydrogen-bond donors (Lipinski definition) is 1. The Bertz CT molecular complexity index is 403. The zero-order valence-electron chi connectivity index (χ0n) is 9.10. The summed E-state index contributed by atoms with van der Waals surface area (Å²) in [6, 6.07) is 6.30. The highest BCUT2D eigenvalue weighted by molar-refractivity contribution is 5.93. The minimum Gasteiger partial charge on any atom is -0.479 e. The molecular formula is C11H13NO4. The molecule has 1 aromatic rings. The van der Waals surface area contributed by atoms with Gasteiger partial charge in [-0.2, -0.15) is 0 Å². The first-order valence-corrected chi connectivity index (χ1v) is 4.69. The van der Waals surface area contributed by atoms with Crippen molar-refractivity contribution in [1.29, 1.82) is 0 Å². The highest BCUT2D eigenvalue weighted by atomic mass is 16.6. The zero-order valence-corrected chi connectivity index (χ0v) is 9.10. The van der Waals surface area contributed by atoms with Crippen LogP contribution in [0.4, 0.5) is 0 Å². The molecule has 0 spiro atoms. The largest absolute Gasteiger partial charge is 0.479 e. The Labute approximate surface area is 93.1 Å². The van der Waals surface area contributed by atoms with Crippen LogP contribution in [0.2, 0.25) is 0 Å². The lowest BCUT2D eigenvalue weighted by Crippen LogP contribution is -2.25. The first-order valence-electron chi connectivity index (χ1n) is 4.69. The molecule has 0 saturated heterocycles. The third kappa shape index (κ3) is 2.98. The summed E-state index contributed by atoms with van der Waals surface area (Å²) < 4.78 is 9.78. The van der Waals surface area contributed by atoms with E-state index in [-0.39, 0.29) is 0 Å². The third-order valence-electron chi connectivity index (χ3n) is 1.96. The molecule has 0 aliphatic rings. The van der Waals surface area contributed by atoms with E-state index in [1.807, 2.05) is 0 Å². The minimum absolute atomic E-state index is 0.328. The van der Waals surface area contributed by atoms with Gasteiger partial charge in [0.1, 0.15) is 5.75 Å². The zero-order chi connectivity index (χ0) is 12.1. The van der Waals surface area contributed by atoms with Crippen molar-refractivity contribution < 1.29 is 19.1 Å². The summed E-state index contributed by atoms with van der Waals surface area (Å²) in [6.45, 7) is 1.56. The number of benzene rings is 1. The van der Waals surface area contributed by atoms with Gasteiger partial charge in [0.05, 0.1) is 7.11 Å². The maximum absolute atomic E-state index is 11.1. The van der Waals surface area contributed by atoms with Crippen LogP contribution in [0, 0.1) is 0 Å². The second-order valence-electron chi connectivity index (χ2n) is 3.18. The molecule has 1 aromatic carbocycles. The quantitative estimate of drug-likeness (QED) is 0.763. The molecule has 0 heterocycles. The molecule has 0 aliphatic carbocycles. The van der Waals surface area contributed by atoms with Gasteiger partial charge in [-0.25, -0.2) is 4.79 Å². The van der Waals surface area contributed by atoms with E-state index in [1.165, 1.54) is 13.2 Å². The fourth-order valence-electron chi connectivity index (χ4n) is 1.14. The highest BCUT2D eigenvalue weighted by Gasteiger charge is 2.15. The smallest absolute Gasteiger partial charge is 0.346 e. The van der Waals surface area contributed by atoms with Crippen LogP contribution in [-0.2, 0) is 9.53 Å². The molecule has 1 unspecified atom stereocenters. The van der Waals surface area contributed by atoms with Gasteiger partial charge in [0.15, 0.2) is 6.10 Å². The first-order chi connectivity index (χ1) is 7.54. The Morgan fingerprint density at radius 3 is 2.62 bits per heavy atom. The maximum atomic E-state index is 11.1. The number of carbonyl (C=O) groups excluding carboxylic acids is 2. The van der Waals surface area contributed by atoms with Crippen molar-refractivity contribution in [3.8, 4) is 5.75 Å². The second kappa shape index (κ2) is 5.16. The Balaban J connectivity index is 2.78.